The molecule has 7 nitrogen and oxygen atoms in total. The topological polar surface area (TPSA) is 87.2 Å². The van der Waals surface area contributed by atoms with E-state index in [0.29, 0.717) is 29.7 Å². The Kier molecular flexibility index (Phi) is 5.23. The quantitative estimate of drug-likeness (QED) is 0.677. The Bertz CT molecular complexity index is 1110. The van der Waals surface area contributed by atoms with Crippen LogP contribution in [0.1, 0.15) is 22.8 Å². The number of hydrogen-bond donors (Lipinski definition) is 2. The van der Waals surface area contributed by atoms with Crippen molar-refractivity contribution < 1.29 is 4.79 Å². The third-order valence-electron chi connectivity index (χ3n) is 4.31. The van der Waals surface area contributed by atoms with Crippen molar-refractivity contribution in [3.05, 3.63) is 74.3 Å². The zero-order chi connectivity index (χ0) is 19.6. The Labute approximate surface area is 156 Å². The number of nitrogens with zero attached hydrogens (tertiary/aromatic N) is 2. The summed E-state index contributed by atoms with van der Waals surface area (Å²) in [5.41, 5.74) is 1.90. The largest absolute Gasteiger partial charge is 0.322 e. The van der Waals surface area contributed by atoms with E-state index in [-0.39, 0.29) is 5.91 Å². The second-order valence-corrected chi connectivity index (χ2v) is 6.58. The monoisotopic (exact) mass is 366 g/mol. The third-order valence-corrected chi connectivity index (χ3v) is 4.31. The van der Waals surface area contributed by atoms with E-state index in [0.717, 1.165) is 11.3 Å². The molecule has 0 aliphatic rings. The Balaban J connectivity index is 1.97. The van der Waals surface area contributed by atoms with Gasteiger partial charge in [-0.05, 0) is 50.8 Å². The number of fused-ring (bicyclic) bond motifs is 1. The number of amides is 1. The van der Waals surface area contributed by atoms with Crippen molar-refractivity contribution in [3.8, 4) is 0 Å². The second-order valence-electron chi connectivity index (χ2n) is 6.58. The molecule has 2 N–H and O–H groups in total. The van der Waals surface area contributed by atoms with E-state index < -0.39 is 11.1 Å². The van der Waals surface area contributed by atoms with Crippen LogP contribution in [0.4, 0.5) is 5.69 Å². The molecule has 0 aliphatic carbocycles. The van der Waals surface area contributed by atoms with Crippen molar-refractivity contribution in [2.24, 2.45) is 0 Å². The number of nitrogens with one attached hydrogen (secondary N) is 2. The molecular weight excluding hydrogens is 344 g/mol. The van der Waals surface area contributed by atoms with Gasteiger partial charge in [0, 0.05) is 24.3 Å². The fraction of sp³-hybridized carbons (Fsp3) is 0.250. The molecule has 0 fully saturated rings. The first-order valence-electron chi connectivity index (χ1n) is 8.71. The van der Waals surface area contributed by atoms with E-state index in [9.17, 15) is 14.4 Å². The van der Waals surface area contributed by atoms with Gasteiger partial charge in [-0.15, -0.1) is 0 Å². The predicted molar refractivity (Wildman–Crippen MR) is 106 cm³/mol. The zero-order valence-electron chi connectivity index (χ0n) is 15.6. The Morgan fingerprint density at radius 1 is 1.15 bits per heavy atom. The highest BCUT2D eigenvalue weighted by molar-refractivity contribution is 6.06. The summed E-state index contributed by atoms with van der Waals surface area (Å²) in [6, 6.07) is 12.5. The van der Waals surface area contributed by atoms with Crippen molar-refractivity contribution in [1.82, 2.24) is 14.5 Å². The summed E-state index contributed by atoms with van der Waals surface area (Å²) in [6.07, 6.45) is 0. The summed E-state index contributed by atoms with van der Waals surface area (Å²) in [6.45, 7) is 2.87. The number of benzene rings is 2. The normalized spacial score (nSPS) is 11.1. The molecule has 0 saturated carbocycles. The molecule has 1 aromatic heterocycles. The summed E-state index contributed by atoms with van der Waals surface area (Å²) in [7, 11) is 3.93. The second kappa shape index (κ2) is 7.59. The van der Waals surface area contributed by atoms with Gasteiger partial charge in [0.05, 0.1) is 11.0 Å². The number of H-pyrrole nitrogens is 1. The molecule has 3 rings (SSSR count). The van der Waals surface area contributed by atoms with Gasteiger partial charge in [-0.1, -0.05) is 18.2 Å². The molecule has 0 bridgehead atoms. The lowest BCUT2D eigenvalue weighted by molar-refractivity contribution is 0.102. The van der Waals surface area contributed by atoms with Crippen LogP contribution in [0, 0.1) is 0 Å². The van der Waals surface area contributed by atoms with Crippen LogP contribution in [0.3, 0.4) is 0 Å². The van der Waals surface area contributed by atoms with Gasteiger partial charge in [-0.25, -0.2) is 0 Å². The van der Waals surface area contributed by atoms with Gasteiger partial charge < -0.3 is 19.8 Å². The number of aromatic amines is 1. The Hall–Kier alpha value is -3.19. The number of carbonyl (C=O) groups excluding carboxylic acids is 1. The van der Waals surface area contributed by atoms with Crippen molar-refractivity contribution in [1.29, 1.82) is 0 Å². The molecule has 0 saturated heterocycles. The van der Waals surface area contributed by atoms with Gasteiger partial charge in [0.25, 0.3) is 5.91 Å². The SMILES string of the molecule is CCn1c(=O)c(=O)[nH]c2cc(C(=O)Nc3ccccc3CN(C)C)ccc21. The molecule has 7 heteroatoms. The van der Waals surface area contributed by atoms with Crippen LogP contribution >= 0.6 is 0 Å². The average Bonchev–Trinajstić information content (AvgIpc) is 2.63. The standard InChI is InChI=1S/C20H22N4O3/c1-4-24-17-10-9-13(11-16(17)22-19(26)20(24)27)18(25)21-15-8-6-5-7-14(15)12-23(2)3/h5-11H,4,12H2,1-3H3,(H,21,25)(H,22,26). The van der Waals surface area contributed by atoms with Crippen LogP contribution in [-0.4, -0.2) is 34.5 Å². The molecule has 1 amide bonds. The fourth-order valence-electron chi connectivity index (χ4n) is 3.05. The van der Waals surface area contributed by atoms with E-state index in [4.69, 9.17) is 0 Å². The van der Waals surface area contributed by atoms with Crippen LogP contribution < -0.4 is 16.4 Å². The van der Waals surface area contributed by atoms with Crippen molar-refractivity contribution in [3.63, 3.8) is 0 Å². The van der Waals surface area contributed by atoms with E-state index in [1.54, 1.807) is 25.1 Å². The maximum Gasteiger partial charge on any atom is 0.316 e. The van der Waals surface area contributed by atoms with E-state index in [1.807, 2.05) is 43.3 Å². The molecule has 0 atom stereocenters. The fourth-order valence-corrected chi connectivity index (χ4v) is 3.05. The minimum atomic E-state index is -0.696. The predicted octanol–water partition coefficient (Wildman–Crippen LogP) is 2.02. The zero-order valence-corrected chi connectivity index (χ0v) is 15.6. The van der Waals surface area contributed by atoms with Gasteiger partial charge in [0.15, 0.2) is 0 Å². The van der Waals surface area contributed by atoms with Crippen molar-refractivity contribution in [2.75, 3.05) is 19.4 Å². The lowest BCUT2D eigenvalue weighted by Crippen LogP contribution is -2.36. The smallest absolute Gasteiger partial charge is 0.316 e. The van der Waals surface area contributed by atoms with Gasteiger partial charge in [-0.2, -0.15) is 0 Å². The Morgan fingerprint density at radius 2 is 1.89 bits per heavy atom. The number of aryl methyl sites for hydroxylation is 1. The van der Waals surface area contributed by atoms with E-state index in [2.05, 4.69) is 10.3 Å². The number of rotatable bonds is 5. The summed E-state index contributed by atoms with van der Waals surface area (Å²) in [5.74, 6) is -0.279. The highest BCUT2D eigenvalue weighted by atomic mass is 16.2. The van der Waals surface area contributed by atoms with Gasteiger partial charge >= 0.3 is 11.1 Å². The maximum absolute atomic E-state index is 12.7. The first kappa shape index (κ1) is 18.6. The Morgan fingerprint density at radius 3 is 2.59 bits per heavy atom. The van der Waals surface area contributed by atoms with Gasteiger partial charge in [0.1, 0.15) is 0 Å². The number of para-hydroxylation sites is 1. The maximum atomic E-state index is 12.7. The number of hydrogen-bond acceptors (Lipinski definition) is 4. The molecule has 2 aromatic carbocycles. The number of aromatic nitrogens is 2. The van der Waals surface area contributed by atoms with Crippen molar-refractivity contribution >= 4 is 22.6 Å². The average molecular weight is 366 g/mol. The molecule has 0 radical (unpaired) electrons. The summed E-state index contributed by atoms with van der Waals surface area (Å²) >= 11 is 0. The molecule has 27 heavy (non-hydrogen) atoms. The highest BCUT2D eigenvalue weighted by Gasteiger charge is 2.12. The highest BCUT2D eigenvalue weighted by Crippen LogP contribution is 2.18. The van der Waals surface area contributed by atoms with E-state index in [1.165, 1.54) is 4.57 Å². The molecule has 140 valence electrons. The third kappa shape index (κ3) is 3.83. The molecule has 0 unspecified atom stereocenters. The molecule has 1 heterocycles. The number of anilines is 1. The van der Waals surface area contributed by atoms with Crippen LogP contribution in [0.2, 0.25) is 0 Å². The van der Waals surface area contributed by atoms with Crippen LogP contribution in [-0.2, 0) is 13.1 Å². The number of carbonyl (C=O) groups is 1. The van der Waals surface area contributed by atoms with Crippen LogP contribution in [0.15, 0.2) is 52.1 Å². The minimum absolute atomic E-state index is 0.279. The van der Waals surface area contributed by atoms with Crippen LogP contribution in [0.25, 0.3) is 11.0 Å². The molecule has 0 aliphatic heterocycles. The first-order chi connectivity index (χ1) is 12.9. The van der Waals surface area contributed by atoms with Crippen LogP contribution in [0.5, 0.6) is 0 Å². The van der Waals surface area contributed by atoms with Crippen molar-refractivity contribution in [2.45, 2.75) is 20.0 Å². The lowest BCUT2D eigenvalue weighted by Gasteiger charge is -2.15. The van der Waals surface area contributed by atoms with E-state index >= 15 is 0 Å². The van der Waals surface area contributed by atoms with Gasteiger partial charge in [-0.3, -0.25) is 14.4 Å². The lowest BCUT2D eigenvalue weighted by atomic mass is 10.1. The van der Waals surface area contributed by atoms with Gasteiger partial charge in [0.2, 0.25) is 0 Å². The molecule has 3 aromatic rings. The molecule has 0 spiro atoms. The minimum Gasteiger partial charge on any atom is -0.322 e. The first-order valence-corrected chi connectivity index (χ1v) is 8.71. The summed E-state index contributed by atoms with van der Waals surface area (Å²) in [5, 5.41) is 2.93. The summed E-state index contributed by atoms with van der Waals surface area (Å²) in [4.78, 5) is 41.1. The molecular formula is C20H22N4O3. The summed E-state index contributed by atoms with van der Waals surface area (Å²) < 4.78 is 1.39.